The SMILES string of the molecule is C=CCCC(=O)NC(c1ccc(OCCCC(=O)N(CCNCCCc2c3ccccc3cc3ccccc23)Cc2ccccc2)cc1)c1ccc(OC)cc1OC. The number of hydrogen-bond acceptors (Lipinski definition) is 6. The summed E-state index contributed by atoms with van der Waals surface area (Å²) in [5.41, 5.74) is 4.20. The van der Waals surface area contributed by atoms with E-state index in [2.05, 4.69) is 83.9 Å². The van der Waals surface area contributed by atoms with Gasteiger partial charge in [0.2, 0.25) is 11.8 Å². The molecule has 0 aliphatic rings. The van der Waals surface area contributed by atoms with E-state index in [9.17, 15) is 9.59 Å². The molecule has 1 unspecified atom stereocenters. The van der Waals surface area contributed by atoms with E-state index in [1.54, 1.807) is 20.3 Å². The summed E-state index contributed by atoms with van der Waals surface area (Å²) in [4.78, 5) is 28.4. The fourth-order valence-corrected chi connectivity index (χ4v) is 7.39. The molecule has 0 bridgehead atoms. The second kappa shape index (κ2) is 21.4. The van der Waals surface area contributed by atoms with Gasteiger partial charge in [0.15, 0.2) is 0 Å². The molecule has 0 aliphatic heterocycles. The second-order valence-corrected chi connectivity index (χ2v) is 14.4. The van der Waals surface area contributed by atoms with E-state index in [-0.39, 0.29) is 11.8 Å². The van der Waals surface area contributed by atoms with Crippen molar-refractivity contribution in [1.29, 1.82) is 0 Å². The first kappa shape index (κ1) is 41.5. The number of ether oxygens (including phenoxy) is 3. The predicted octanol–water partition coefficient (Wildman–Crippen LogP) is 9.59. The number of aryl methyl sites for hydroxylation is 1. The monoisotopic (exact) mass is 777 g/mol. The molecule has 1 atom stereocenters. The van der Waals surface area contributed by atoms with E-state index in [0.29, 0.717) is 62.6 Å². The lowest BCUT2D eigenvalue weighted by atomic mass is 9.94. The highest BCUT2D eigenvalue weighted by Gasteiger charge is 2.22. The normalized spacial score (nSPS) is 11.6. The molecule has 2 amide bonds. The molecular formula is C50H55N3O5. The Morgan fingerprint density at radius 3 is 2.12 bits per heavy atom. The third-order valence-electron chi connectivity index (χ3n) is 10.4. The molecule has 0 aromatic heterocycles. The zero-order chi connectivity index (χ0) is 40.5. The lowest BCUT2D eigenvalue weighted by Crippen LogP contribution is -2.36. The molecule has 8 heteroatoms. The van der Waals surface area contributed by atoms with Crippen molar-refractivity contribution in [3.8, 4) is 17.2 Å². The fourth-order valence-electron chi connectivity index (χ4n) is 7.39. The standard InChI is InChI=1S/C50H55N3O5/c1-4-5-22-48(54)52-50(46-29-28-42(56-2)35-47(46)57-3)38-24-26-41(27-25-38)58-33-14-23-49(55)53(36-37-15-7-6-8-16-37)32-31-51-30-13-21-45-43-19-11-9-17-39(43)34-40-18-10-12-20-44(40)45/h4,6-12,15-20,24-29,34-35,50-51H,1,5,13-14,21-23,30-33,36H2,2-3H3,(H,52,54). The summed E-state index contributed by atoms with van der Waals surface area (Å²) in [5.74, 6) is 1.99. The summed E-state index contributed by atoms with van der Waals surface area (Å²) in [5, 5.41) is 12.0. The Morgan fingerprint density at radius 2 is 1.43 bits per heavy atom. The van der Waals surface area contributed by atoms with E-state index >= 15 is 0 Å². The maximum absolute atomic E-state index is 13.6. The van der Waals surface area contributed by atoms with E-state index in [4.69, 9.17) is 14.2 Å². The summed E-state index contributed by atoms with van der Waals surface area (Å²) < 4.78 is 17.2. The smallest absolute Gasteiger partial charge is 0.223 e. The van der Waals surface area contributed by atoms with Crippen LogP contribution in [0.4, 0.5) is 0 Å². The third-order valence-corrected chi connectivity index (χ3v) is 10.4. The van der Waals surface area contributed by atoms with Gasteiger partial charge in [-0.15, -0.1) is 6.58 Å². The van der Waals surface area contributed by atoms with E-state index < -0.39 is 6.04 Å². The summed E-state index contributed by atoms with van der Waals surface area (Å²) in [6.45, 7) is 6.92. The van der Waals surface area contributed by atoms with E-state index in [1.165, 1.54) is 27.1 Å². The summed E-state index contributed by atoms with van der Waals surface area (Å²) in [6, 6.07) is 42.5. The van der Waals surface area contributed by atoms with Gasteiger partial charge in [-0.25, -0.2) is 0 Å². The van der Waals surface area contributed by atoms with Crippen LogP contribution in [-0.4, -0.2) is 57.2 Å². The third kappa shape index (κ3) is 11.3. The predicted molar refractivity (Wildman–Crippen MR) is 235 cm³/mol. The van der Waals surface area contributed by atoms with Gasteiger partial charge in [-0.1, -0.05) is 97.1 Å². The number of allylic oxidation sites excluding steroid dienone is 1. The highest BCUT2D eigenvalue weighted by molar-refractivity contribution is 6.02. The molecule has 0 saturated carbocycles. The topological polar surface area (TPSA) is 89.1 Å². The summed E-state index contributed by atoms with van der Waals surface area (Å²) in [6.07, 6.45) is 5.61. The second-order valence-electron chi connectivity index (χ2n) is 14.4. The maximum Gasteiger partial charge on any atom is 0.223 e. The van der Waals surface area contributed by atoms with Crippen molar-refractivity contribution in [1.82, 2.24) is 15.5 Å². The highest BCUT2D eigenvalue weighted by atomic mass is 16.5. The van der Waals surface area contributed by atoms with Crippen LogP contribution in [-0.2, 0) is 22.6 Å². The van der Waals surface area contributed by atoms with Crippen LogP contribution < -0.4 is 24.8 Å². The minimum Gasteiger partial charge on any atom is -0.497 e. The van der Waals surface area contributed by atoms with Crippen LogP contribution in [0, 0.1) is 0 Å². The molecule has 300 valence electrons. The molecule has 0 aliphatic carbocycles. The number of benzene rings is 6. The Hall–Kier alpha value is -6.12. The number of carbonyl (C=O) groups excluding carboxylic acids is 2. The van der Waals surface area contributed by atoms with Crippen molar-refractivity contribution < 1.29 is 23.8 Å². The largest absolute Gasteiger partial charge is 0.497 e. The number of fused-ring (bicyclic) bond motifs is 2. The van der Waals surface area contributed by atoms with Crippen LogP contribution in [0.3, 0.4) is 0 Å². The van der Waals surface area contributed by atoms with Gasteiger partial charge in [0.25, 0.3) is 0 Å². The molecule has 6 rings (SSSR count). The molecule has 0 radical (unpaired) electrons. The zero-order valence-corrected chi connectivity index (χ0v) is 33.8. The van der Waals surface area contributed by atoms with Gasteiger partial charge in [-0.05, 0) is 101 Å². The first-order valence-electron chi connectivity index (χ1n) is 20.2. The molecule has 6 aromatic carbocycles. The van der Waals surface area contributed by atoms with Gasteiger partial charge in [0.1, 0.15) is 17.2 Å². The number of methoxy groups -OCH3 is 2. The molecule has 0 spiro atoms. The number of nitrogens with one attached hydrogen (secondary N) is 2. The number of hydrogen-bond donors (Lipinski definition) is 2. The number of rotatable bonds is 22. The Labute approximate surface area is 342 Å². The summed E-state index contributed by atoms with van der Waals surface area (Å²) >= 11 is 0. The van der Waals surface area contributed by atoms with Crippen molar-refractivity contribution >= 4 is 33.4 Å². The van der Waals surface area contributed by atoms with Crippen LogP contribution in [0.25, 0.3) is 21.5 Å². The molecule has 6 aromatic rings. The lowest BCUT2D eigenvalue weighted by molar-refractivity contribution is -0.132. The van der Waals surface area contributed by atoms with Crippen LogP contribution in [0.15, 0.2) is 140 Å². The molecular weight excluding hydrogens is 723 g/mol. The van der Waals surface area contributed by atoms with Gasteiger partial charge in [0, 0.05) is 44.1 Å². The Kier molecular flexibility index (Phi) is 15.3. The Balaban J connectivity index is 1.01. The van der Waals surface area contributed by atoms with E-state index in [0.717, 1.165) is 42.6 Å². The van der Waals surface area contributed by atoms with Crippen LogP contribution in [0.1, 0.15) is 60.4 Å². The van der Waals surface area contributed by atoms with Gasteiger partial charge in [-0.2, -0.15) is 0 Å². The maximum atomic E-state index is 13.6. The average Bonchev–Trinajstić information content (AvgIpc) is 3.27. The van der Waals surface area contributed by atoms with Crippen molar-refractivity contribution in [2.75, 3.05) is 40.5 Å². The Morgan fingerprint density at radius 1 is 0.741 bits per heavy atom. The fraction of sp³-hybridized carbons (Fsp3) is 0.280. The van der Waals surface area contributed by atoms with Gasteiger partial charge < -0.3 is 29.7 Å². The molecule has 8 nitrogen and oxygen atoms in total. The van der Waals surface area contributed by atoms with Crippen LogP contribution in [0.5, 0.6) is 17.2 Å². The molecule has 0 heterocycles. The molecule has 0 fully saturated rings. The van der Waals surface area contributed by atoms with Crippen molar-refractivity contribution in [2.45, 2.75) is 51.1 Å². The first-order chi connectivity index (χ1) is 28.5. The zero-order valence-electron chi connectivity index (χ0n) is 33.8. The van der Waals surface area contributed by atoms with Crippen LogP contribution in [0.2, 0.25) is 0 Å². The summed E-state index contributed by atoms with van der Waals surface area (Å²) in [7, 11) is 3.21. The number of amides is 2. The minimum absolute atomic E-state index is 0.0874. The first-order valence-corrected chi connectivity index (χ1v) is 20.2. The molecule has 2 N–H and O–H groups in total. The molecule has 58 heavy (non-hydrogen) atoms. The highest BCUT2D eigenvalue weighted by Crippen LogP contribution is 2.34. The Bertz CT molecular complexity index is 2200. The van der Waals surface area contributed by atoms with Gasteiger partial charge >= 0.3 is 0 Å². The van der Waals surface area contributed by atoms with Gasteiger partial charge in [0.05, 0.1) is 26.9 Å². The average molecular weight is 778 g/mol. The van der Waals surface area contributed by atoms with E-state index in [1.807, 2.05) is 65.6 Å². The quantitative estimate of drug-likeness (QED) is 0.0406. The minimum atomic E-state index is -0.445. The van der Waals surface area contributed by atoms with Crippen molar-refractivity contribution in [2.24, 2.45) is 0 Å². The number of nitrogens with zero attached hydrogens (tertiary/aromatic N) is 1. The lowest BCUT2D eigenvalue weighted by Gasteiger charge is -2.23. The van der Waals surface area contributed by atoms with Gasteiger partial charge in [-0.3, -0.25) is 9.59 Å². The van der Waals surface area contributed by atoms with Crippen molar-refractivity contribution in [3.05, 3.63) is 162 Å². The molecule has 0 saturated heterocycles. The van der Waals surface area contributed by atoms with Crippen molar-refractivity contribution in [3.63, 3.8) is 0 Å². The number of carbonyl (C=O) groups is 2. The van der Waals surface area contributed by atoms with Crippen LogP contribution >= 0.6 is 0 Å².